The Bertz CT molecular complexity index is 433. The van der Waals surface area contributed by atoms with Crippen molar-refractivity contribution >= 4 is 0 Å². The Balaban J connectivity index is 2.03. The molecule has 0 amide bonds. The summed E-state index contributed by atoms with van der Waals surface area (Å²) in [6, 6.07) is 6.09. The third kappa shape index (κ3) is 4.41. The number of ether oxygens (including phenoxy) is 2. The van der Waals surface area contributed by atoms with E-state index in [2.05, 4.69) is 32.2 Å². The molecule has 0 bridgehead atoms. The molecular formula is C17H27NO2. The number of hydrogen-bond donors (Lipinski definition) is 1. The standard InChI is InChI=1S/C17H27NO2/c1-17(2,3)18-11-14-8-9-15(19-4)10-16(14)20-12-13-6-5-7-13/h8-10,13,18H,5-7,11-12H2,1-4H3. The van der Waals surface area contributed by atoms with Gasteiger partial charge in [-0.05, 0) is 45.6 Å². The average molecular weight is 277 g/mol. The van der Waals surface area contributed by atoms with Gasteiger partial charge in [0, 0.05) is 23.7 Å². The van der Waals surface area contributed by atoms with Crippen molar-refractivity contribution in [1.82, 2.24) is 5.32 Å². The fourth-order valence-electron chi connectivity index (χ4n) is 2.17. The number of methoxy groups -OCH3 is 1. The predicted octanol–water partition coefficient (Wildman–Crippen LogP) is 3.76. The minimum atomic E-state index is 0.102. The lowest BCUT2D eigenvalue weighted by Gasteiger charge is -2.26. The van der Waals surface area contributed by atoms with E-state index in [-0.39, 0.29) is 5.54 Å². The molecule has 1 fully saturated rings. The lowest BCUT2D eigenvalue weighted by Crippen LogP contribution is -2.35. The van der Waals surface area contributed by atoms with Crippen LogP contribution in [0.25, 0.3) is 0 Å². The number of hydrogen-bond acceptors (Lipinski definition) is 3. The molecule has 0 unspecified atom stereocenters. The molecule has 3 nitrogen and oxygen atoms in total. The molecule has 1 aromatic carbocycles. The van der Waals surface area contributed by atoms with E-state index in [1.54, 1.807) is 7.11 Å². The monoisotopic (exact) mass is 277 g/mol. The van der Waals surface area contributed by atoms with Gasteiger partial charge in [0.05, 0.1) is 13.7 Å². The Hall–Kier alpha value is -1.22. The second-order valence-corrected chi connectivity index (χ2v) is 6.69. The van der Waals surface area contributed by atoms with Crippen LogP contribution < -0.4 is 14.8 Å². The van der Waals surface area contributed by atoms with Crippen molar-refractivity contribution in [3.63, 3.8) is 0 Å². The Labute approximate surface area is 122 Å². The Morgan fingerprint density at radius 1 is 1.25 bits per heavy atom. The van der Waals surface area contributed by atoms with Crippen molar-refractivity contribution in [2.24, 2.45) is 5.92 Å². The van der Waals surface area contributed by atoms with Crippen LogP contribution in [0.5, 0.6) is 11.5 Å². The first-order valence-electron chi connectivity index (χ1n) is 7.53. The fourth-order valence-corrected chi connectivity index (χ4v) is 2.17. The topological polar surface area (TPSA) is 30.5 Å². The van der Waals surface area contributed by atoms with Gasteiger partial charge in [-0.25, -0.2) is 0 Å². The minimum Gasteiger partial charge on any atom is -0.497 e. The lowest BCUT2D eigenvalue weighted by molar-refractivity contribution is 0.178. The average Bonchev–Trinajstić information content (AvgIpc) is 2.34. The van der Waals surface area contributed by atoms with Crippen molar-refractivity contribution in [2.75, 3.05) is 13.7 Å². The molecule has 1 aromatic rings. The molecule has 0 spiro atoms. The summed E-state index contributed by atoms with van der Waals surface area (Å²) < 4.78 is 11.3. The van der Waals surface area contributed by atoms with Crippen LogP contribution in [-0.4, -0.2) is 19.3 Å². The molecule has 0 atom stereocenters. The van der Waals surface area contributed by atoms with Crippen LogP contribution >= 0.6 is 0 Å². The highest BCUT2D eigenvalue weighted by Gasteiger charge is 2.19. The lowest BCUT2D eigenvalue weighted by atomic mass is 9.86. The predicted molar refractivity (Wildman–Crippen MR) is 82.4 cm³/mol. The van der Waals surface area contributed by atoms with Gasteiger partial charge in [0.25, 0.3) is 0 Å². The van der Waals surface area contributed by atoms with Crippen LogP contribution in [-0.2, 0) is 6.54 Å². The Morgan fingerprint density at radius 3 is 2.55 bits per heavy atom. The van der Waals surface area contributed by atoms with Gasteiger partial charge in [-0.3, -0.25) is 0 Å². The molecule has 3 heteroatoms. The smallest absolute Gasteiger partial charge is 0.127 e. The summed E-state index contributed by atoms with van der Waals surface area (Å²) in [5.74, 6) is 2.55. The molecule has 1 aliphatic rings. The summed E-state index contributed by atoms with van der Waals surface area (Å²) in [7, 11) is 1.69. The highest BCUT2D eigenvalue weighted by Crippen LogP contribution is 2.30. The summed E-state index contributed by atoms with van der Waals surface area (Å²) in [5, 5.41) is 3.51. The van der Waals surface area contributed by atoms with Crippen molar-refractivity contribution in [1.29, 1.82) is 0 Å². The van der Waals surface area contributed by atoms with E-state index < -0.39 is 0 Å². The van der Waals surface area contributed by atoms with E-state index in [1.165, 1.54) is 24.8 Å². The SMILES string of the molecule is COc1ccc(CNC(C)(C)C)c(OCC2CCC2)c1. The largest absolute Gasteiger partial charge is 0.497 e. The van der Waals surface area contributed by atoms with E-state index in [1.807, 2.05) is 12.1 Å². The van der Waals surface area contributed by atoms with Crippen molar-refractivity contribution < 1.29 is 9.47 Å². The maximum atomic E-state index is 6.03. The zero-order valence-electron chi connectivity index (χ0n) is 13.2. The molecule has 0 aliphatic heterocycles. The van der Waals surface area contributed by atoms with Crippen LogP contribution in [0.15, 0.2) is 18.2 Å². The molecular weight excluding hydrogens is 250 g/mol. The highest BCUT2D eigenvalue weighted by molar-refractivity contribution is 5.40. The van der Waals surface area contributed by atoms with Gasteiger partial charge in [-0.2, -0.15) is 0 Å². The fraction of sp³-hybridized carbons (Fsp3) is 0.647. The maximum Gasteiger partial charge on any atom is 0.127 e. The van der Waals surface area contributed by atoms with Crippen LogP contribution in [0.2, 0.25) is 0 Å². The molecule has 0 saturated heterocycles. The molecule has 20 heavy (non-hydrogen) atoms. The zero-order valence-corrected chi connectivity index (χ0v) is 13.2. The zero-order chi connectivity index (χ0) is 14.6. The molecule has 0 aromatic heterocycles. The third-order valence-electron chi connectivity index (χ3n) is 3.78. The molecule has 1 N–H and O–H groups in total. The molecule has 1 saturated carbocycles. The summed E-state index contributed by atoms with van der Waals surface area (Å²) in [4.78, 5) is 0. The van der Waals surface area contributed by atoms with Crippen LogP contribution in [0, 0.1) is 5.92 Å². The molecule has 2 rings (SSSR count). The van der Waals surface area contributed by atoms with Gasteiger partial charge < -0.3 is 14.8 Å². The van der Waals surface area contributed by atoms with E-state index in [0.717, 1.165) is 30.6 Å². The second-order valence-electron chi connectivity index (χ2n) is 6.69. The first-order valence-corrected chi connectivity index (χ1v) is 7.53. The van der Waals surface area contributed by atoms with E-state index in [0.29, 0.717) is 0 Å². The van der Waals surface area contributed by atoms with Gasteiger partial charge in [0.15, 0.2) is 0 Å². The van der Waals surface area contributed by atoms with Gasteiger partial charge in [0.1, 0.15) is 11.5 Å². The number of rotatable bonds is 6. The second kappa shape index (κ2) is 6.49. The Morgan fingerprint density at radius 2 is 2.00 bits per heavy atom. The van der Waals surface area contributed by atoms with Crippen molar-refractivity contribution in [2.45, 2.75) is 52.1 Å². The van der Waals surface area contributed by atoms with Gasteiger partial charge in [0.2, 0.25) is 0 Å². The molecule has 1 aliphatic carbocycles. The molecule has 0 heterocycles. The van der Waals surface area contributed by atoms with Crippen molar-refractivity contribution in [3.05, 3.63) is 23.8 Å². The van der Waals surface area contributed by atoms with Crippen LogP contribution in [0.3, 0.4) is 0 Å². The quantitative estimate of drug-likeness (QED) is 0.858. The van der Waals surface area contributed by atoms with Gasteiger partial charge in [-0.15, -0.1) is 0 Å². The minimum absolute atomic E-state index is 0.102. The summed E-state index contributed by atoms with van der Waals surface area (Å²) in [6.07, 6.45) is 3.96. The third-order valence-corrected chi connectivity index (χ3v) is 3.78. The number of nitrogens with one attached hydrogen (secondary N) is 1. The van der Waals surface area contributed by atoms with Crippen LogP contribution in [0.4, 0.5) is 0 Å². The highest BCUT2D eigenvalue weighted by atomic mass is 16.5. The van der Waals surface area contributed by atoms with Gasteiger partial charge in [-0.1, -0.05) is 12.5 Å². The van der Waals surface area contributed by atoms with Crippen molar-refractivity contribution in [3.8, 4) is 11.5 Å². The van der Waals surface area contributed by atoms with E-state index in [9.17, 15) is 0 Å². The summed E-state index contributed by atoms with van der Waals surface area (Å²) in [5.41, 5.74) is 1.30. The van der Waals surface area contributed by atoms with Crippen LogP contribution in [0.1, 0.15) is 45.6 Å². The van der Waals surface area contributed by atoms with E-state index in [4.69, 9.17) is 9.47 Å². The molecule has 112 valence electrons. The number of benzene rings is 1. The maximum absolute atomic E-state index is 6.03. The van der Waals surface area contributed by atoms with E-state index >= 15 is 0 Å². The first kappa shape index (κ1) is 15.2. The first-order chi connectivity index (χ1) is 9.48. The summed E-state index contributed by atoms with van der Waals surface area (Å²) in [6.45, 7) is 8.16. The summed E-state index contributed by atoms with van der Waals surface area (Å²) >= 11 is 0. The molecule has 0 radical (unpaired) electrons. The van der Waals surface area contributed by atoms with Gasteiger partial charge >= 0.3 is 0 Å². The Kier molecular flexibility index (Phi) is 4.92. The normalized spacial score (nSPS) is 15.8.